The highest BCUT2D eigenvalue weighted by molar-refractivity contribution is 5.82. The van der Waals surface area contributed by atoms with Gasteiger partial charge in [-0.25, -0.2) is 0 Å². The maximum Gasteiger partial charge on any atom is 0.237 e. The van der Waals surface area contributed by atoms with Gasteiger partial charge in [0, 0.05) is 17.1 Å². The Morgan fingerprint density at radius 2 is 1.95 bits per heavy atom. The number of carbonyl (C=O) groups excluding carboxylic acids is 1. The van der Waals surface area contributed by atoms with Crippen molar-refractivity contribution in [1.29, 1.82) is 0 Å². The van der Waals surface area contributed by atoms with Crippen LogP contribution in [0, 0.1) is 13.8 Å². The van der Waals surface area contributed by atoms with Crippen LogP contribution in [0.25, 0.3) is 0 Å². The summed E-state index contributed by atoms with van der Waals surface area (Å²) < 4.78 is 5.17. The number of nitrogens with one attached hydrogen (secondary N) is 2. The molecule has 2 unspecified atom stereocenters. The molecular formula is C15H27N3O2. The SMILES string of the molecule is CCC(C)(C)NC(=O)C(C)NC(C)c1c(C)noc1C. The summed E-state index contributed by atoms with van der Waals surface area (Å²) in [5.41, 5.74) is 1.71. The molecule has 20 heavy (non-hydrogen) atoms. The Bertz CT molecular complexity index is 446. The monoisotopic (exact) mass is 281 g/mol. The summed E-state index contributed by atoms with van der Waals surface area (Å²) in [6.07, 6.45) is 0.894. The van der Waals surface area contributed by atoms with Crippen molar-refractivity contribution in [1.82, 2.24) is 15.8 Å². The smallest absolute Gasteiger partial charge is 0.237 e. The Kier molecular flexibility index (Phi) is 5.34. The van der Waals surface area contributed by atoms with Gasteiger partial charge in [0.1, 0.15) is 5.76 Å². The molecule has 0 spiro atoms. The molecule has 1 heterocycles. The number of hydrogen-bond acceptors (Lipinski definition) is 4. The molecule has 2 atom stereocenters. The quantitative estimate of drug-likeness (QED) is 0.841. The lowest BCUT2D eigenvalue weighted by atomic mass is 10.0. The van der Waals surface area contributed by atoms with Crippen LogP contribution in [0.3, 0.4) is 0 Å². The van der Waals surface area contributed by atoms with Gasteiger partial charge in [-0.2, -0.15) is 0 Å². The van der Waals surface area contributed by atoms with Gasteiger partial charge in [0.25, 0.3) is 0 Å². The van der Waals surface area contributed by atoms with E-state index in [-0.39, 0.29) is 23.5 Å². The number of nitrogens with zero attached hydrogens (tertiary/aromatic N) is 1. The van der Waals surface area contributed by atoms with Crippen LogP contribution in [0.15, 0.2) is 4.52 Å². The van der Waals surface area contributed by atoms with Gasteiger partial charge in [-0.05, 0) is 48.0 Å². The van der Waals surface area contributed by atoms with E-state index < -0.39 is 0 Å². The van der Waals surface area contributed by atoms with Gasteiger partial charge in [-0.1, -0.05) is 12.1 Å². The number of rotatable bonds is 6. The van der Waals surface area contributed by atoms with Crippen molar-refractivity contribution in [2.24, 2.45) is 0 Å². The van der Waals surface area contributed by atoms with Gasteiger partial charge in [0.15, 0.2) is 0 Å². The topological polar surface area (TPSA) is 67.2 Å². The first-order valence-corrected chi connectivity index (χ1v) is 7.18. The second-order valence-corrected chi connectivity index (χ2v) is 6.07. The molecule has 114 valence electrons. The van der Waals surface area contributed by atoms with E-state index in [9.17, 15) is 4.79 Å². The number of carbonyl (C=O) groups is 1. The predicted octanol–water partition coefficient (Wildman–Crippen LogP) is 2.64. The summed E-state index contributed by atoms with van der Waals surface area (Å²) in [6, 6.07) is -0.253. The molecule has 0 aliphatic carbocycles. The van der Waals surface area contributed by atoms with Crippen LogP contribution in [-0.4, -0.2) is 22.6 Å². The fraction of sp³-hybridized carbons (Fsp3) is 0.733. The molecule has 5 nitrogen and oxygen atoms in total. The molecule has 0 saturated heterocycles. The van der Waals surface area contributed by atoms with Gasteiger partial charge in [-0.15, -0.1) is 0 Å². The number of aromatic nitrogens is 1. The lowest BCUT2D eigenvalue weighted by Gasteiger charge is -2.28. The van der Waals surface area contributed by atoms with E-state index in [0.717, 1.165) is 23.4 Å². The van der Waals surface area contributed by atoms with Crippen LogP contribution >= 0.6 is 0 Å². The molecule has 0 bridgehead atoms. The Hall–Kier alpha value is -1.36. The van der Waals surface area contributed by atoms with Crippen molar-refractivity contribution in [3.63, 3.8) is 0 Å². The summed E-state index contributed by atoms with van der Waals surface area (Å²) in [5, 5.41) is 10.3. The number of hydrogen-bond donors (Lipinski definition) is 2. The summed E-state index contributed by atoms with van der Waals surface area (Å²) in [5.74, 6) is 0.805. The summed E-state index contributed by atoms with van der Waals surface area (Å²) in [7, 11) is 0. The van der Waals surface area contributed by atoms with E-state index in [4.69, 9.17) is 4.52 Å². The highest BCUT2D eigenvalue weighted by atomic mass is 16.5. The Morgan fingerprint density at radius 3 is 2.40 bits per heavy atom. The third-order valence-corrected chi connectivity index (χ3v) is 3.76. The lowest BCUT2D eigenvalue weighted by molar-refractivity contribution is -0.124. The van der Waals surface area contributed by atoms with Gasteiger partial charge in [0.2, 0.25) is 5.91 Å². The zero-order valence-corrected chi connectivity index (χ0v) is 13.6. The van der Waals surface area contributed by atoms with Crippen molar-refractivity contribution in [3.05, 3.63) is 17.0 Å². The number of amides is 1. The van der Waals surface area contributed by atoms with Crippen molar-refractivity contribution in [2.45, 2.75) is 72.5 Å². The van der Waals surface area contributed by atoms with Crippen LogP contribution in [0.5, 0.6) is 0 Å². The molecule has 1 rings (SSSR count). The lowest BCUT2D eigenvalue weighted by Crippen LogP contribution is -2.51. The molecule has 5 heteroatoms. The average Bonchev–Trinajstić information content (AvgIpc) is 2.68. The fourth-order valence-corrected chi connectivity index (χ4v) is 2.17. The molecule has 0 aliphatic heterocycles. The predicted molar refractivity (Wildman–Crippen MR) is 79.5 cm³/mol. The third-order valence-electron chi connectivity index (χ3n) is 3.76. The van der Waals surface area contributed by atoms with Crippen molar-refractivity contribution < 1.29 is 9.32 Å². The van der Waals surface area contributed by atoms with Gasteiger partial charge in [0.05, 0.1) is 11.7 Å². The maximum atomic E-state index is 12.2. The summed E-state index contributed by atoms with van der Waals surface area (Å²) in [6.45, 7) is 13.8. The van der Waals surface area contributed by atoms with Gasteiger partial charge in [-0.3, -0.25) is 10.1 Å². The van der Waals surface area contributed by atoms with E-state index in [2.05, 4.69) is 22.7 Å². The standard InChI is InChI=1S/C15H27N3O2/c1-8-15(6,7)17-14(19)11(4)16-9(2)13-10(3)18-20-12(13)5/h9,11,16H,8H2,1-7H3,(H,17,19). The van der Waals surface area contributed by atoms with Crippen molar-refractivity contribution in [3.8, 4) is 0 Å². The molecule has 1 aromatic rings. The minimum Gasteiger partial charge on any atom is -0.361 e. The minimum absolute atomic E-state index is 0.00969. The third kappa shape index (κ3) is 4.07. The number of aryl methyl sites for hydroxylation is 2. The van der Waals surface area contributed by atoms with Crippen LogP contribution in [-0.2, 0) is 4.79 Å². The first kappa shape index (κ1) is 16.7. The minimum atomic E-state index is -0.274. The van der Waals surface area contributed by atoms with Gasteiger partial charge >= 0.3 is 0 Å². The first-order chi connectivity index (χ1) is 9.18. The zero-order valence-electron chi connectivity index (χ0n) is 13.6. The van der Waals surface area contributed by atoms with E-state index in [0.29, 0.717) is 0 Å². The average molecular weight is 281 g/mol. The Labute approximate surface area is 121 Å². The normalized spacial score (nSPS) is 14.9. The van der Waals surface area contributed by atoms with Crippen LogP contribution in [0.4, 0.5) is 0 Å². The van der Waals surface area contributed by atoms with Crippen molar-refractivity contribution in [2.75, 3.05) is 0 Å². The molecule has 0 aromatic carbocycles. The molecule has 0 aliphatic rings. The largest absolute Gasteiger partial charge is 0.361 e. The summed E-state index contributed by atoms with van der Waals surface area (Å²) >= 11 is 0. The molecule has 1 amide bonds. The second kappa shape index (κ2) is 6.39. The highest BCUT2D eigenvalue weighted by Crippen LogP contribution is 2.21. The molecule has 0 saturated carbocycles. The van der Waals surface area contributed by atoms with Crippen LogP contribution < -0.4 is 10.6 Å². The highest BCUT2D eigenvalue weighted by Gasteiger charge is 2.24. The Balaban J connectivity index is 2.66. The van der Waals surface area contributed by atoms with Gasteiger partial charge < -0.3 is 9.84 Å². The van der Waals surface area contributed by atoms with Crippen LogP contribution in [0.1, 0.15) is 64.1 Å². The fourth-order valence-electron chi connectivity index (χ4n) is 2.17. The second-order valence-electron chi connectivity index (χ2n) is 6.07. The van der Waals surface area contributed by atoms with E-state index >= 15 is 0 Å². The summed E-state index contributed by atoms with van der Waals surface area (Å²) in [4.78, 5) is 12.2. The molecular weight excluding hydrogens is 254 g/mol. The molecule has 1 aromatic heterocycles. The van der Waals surface area contributed by atoms with E-state index in [1.54, 1.807) is 0 Å². The Morgan fingerprint density at radius 1 is 1.35 bits per heavy atom. The van der Waals surface area contributed by atoms with E-state index in [1.807, 2.05) is 41.5 Å². The van der Waals surface area contributed by atoms with E-state index in [1.165, 1.54) is 0 Å². The molecule has 0 radical (unpaired) electrons. The van der Waals surface area contributed by atoms with Crippen molar-refractivity contribution >= 4 is 5.91 Å². The molecule has 2 N–H and O–H groups in total. The zero-order chi connectivity index (χ0) is 15.5. The molecule has 0 fully saturated rings. The van der Waals surface area contributed by atoms with Crippen LogP contribution in [0.2, 0.25) is 0 Å². The first-order valence-electron chi connectivity index (χ1n) is 7.18. The maximum absolute atomic E-state index is 12.2.